The first-order chi connectivity index (χ1) is 9.22. The number of anilines is 1. The van der Waals surface area contributed by atoms with Crippen LogP contribution in [0.1, 0.15) is 13.8 Å². The first-order valence-corrected chi connectivity index (χ1v) is 7.37. The Hall–Kier alpha value is -1.80. The van der Waals surface area contributed by atoms with Gasteiger partial charge in [0.25, 0.3) is 0 Å². The average molecular weight is 302 g/mol. The molecule has 0 unspecified atom stereocenters. The Labute approximate surface area is 118 Å². The molecule has 0 radical (unpaired) electrons. The summed E-state index contributed by atoms with van der Waals surface area (Å²) in [6.45, 7) is 3.03. The van der Waals surface area contributed by atoms with Gasteiger partial charge in [-0.1, -0.05) is 6.07 Å². The molecule has 0 atom stereocenters. The molecule has 0 heterocycles. The van der Waals surface area contributed by atoms with Gasteiger partial charge in [-0.15, -0.1) is 0 Å². The summed E-state index contributed by atoms with van der Waals surface area (Å²) in [5.41, 5.74) is 0.306. The monoisotopic (exact) mass is 302 g/mol. The molecule has 7 nitrogen and oxygen atoms in total. The molecule has 0 saturated heterocycles. The van der Waals surface area contributed by atoms with Crippen LogP contribution in [0.25, 0.3) is 0 Å². The van der Waals surface area contributed by atoms with Gasteiger partial charge in [-0.25, -0.2) is 4.79 Å². The molecule has 0 aliphatic rings. The number of carboxylic acids is 1. The molecule has 1 aromatic carbocycles. The summed E-state index contributed by atoms with van der Waals surface area (Å²) in [5.74, 6) is -0.824. The second kappa shape index (κ2) is 6.58. The fraction of sp³-hybridized carbons (Fsp3) is 0.417. The summed E-state index contributed by atoms with van der Waals surface area (Å²) in [7, 11) is -2.18. The number of ether oxygens (including phenoxy) is 1. The molecule has 0 aliphatic carbocycles. The second-order valence-electron chi connectivity index (χ2n) is 4.43. The van der Waals surface area contributed by atoms with Gasteiger partial charge in [-0.2, -0.15) is 12.7 Å². The van der Waals surface area contributed by atoms with Crippen molar-refractivity contribution in [3.05, 3.63) is 24.3 Å². The van der Waals surface area contributed by atoms with Crippen LogP contribution < -0.4 is 9.46 Å². The summed E-state index contributed by atoms with van der Waals surface area (Å²) < 4.78 is 32.6. The van der Waals surface area contributed by atoms with Gasteiger partial charge in [-0.3, -0.25) is 4.72 Å². The van der Waals surface area contributed by atoms with E-state index in [0.717, 1.165) is 0 Å². The van der Waals surface area contributed by atoms with Crippen LogP contribution in [-0.2, 0) is 15.0 Å². The lowest BCUT2D eigenvalue weighted by atomic mass is 10.3. The van der Waals surface area contributed by atoms with Gasteiger partial charge in [0.15, 0.2) is 6.61 Å². The van der Waals surface area contributed by atoms with Crippen LogP contribution in [0.2, 0.25) is 0 Å². The minimum atomic E-state index is -3.65. The highest BCUT2D eigenvalue weighted by Crippen LogP contribution is 2.19. The summed E-state index contributed by atoms with van der Waals surface area (Å²) in [5, 5.41) is 8.52. The lowest BCUT2D eigenvalue weighted by Gasteiger charge is -2.21. The fourth-order valence-corrected chi connectivity index (χ4v) is 2.42. The zero-order chi connectivity index (χ0) is 15.3. The molecule has 0 aromatic heterocycles. The normalized spacial score (nSPS) is 11.7. The summed E-state index contributed by atoms with van der Waals surface area (Å²) in [6.07, 6.45) is 0. The molecule has 0 bridgehead atoms. The molecule has 112 valence electrons. The summed E-state index contributed by atoms with van der Waals surface area (Å²) in [6, 6.07) is 5.92. The van der Waals surface area contributed by atoms with Crippen molar-refractivity contribution in [2.45, 2.75) is 19.9 Å². The number of hydrogen-bond donors (Lipinski definition) is 2. The molecule has 8 heteroatoms. The molecule has 0 amide bonds. The lowest BCUT2D eigenvalue weighted by molar-refractivity contribution is -0.139. The van der Waals surface area contributed by atoms with Crippen molar-refractivity contribution in [3.8, 4) is 5.75 Å². The molecule has 0 spiro atoms. The van der Waals surface area contributed by atoms with Crippen molar-refractivity contribution in [2.24, 2.45) is 0 Å². The van der Waals surface area contributed by atoms with Crippen LogP contribution in [0, 0.1) is 0 Å². The van der Waals surface area contributed by atoms with Gasteiger partial charge in [0.2, 0.25) is 0 Å². The van der Waals surface area contributed by atoms with Crippen LogP contribution in [0.3, 0.4) is 0 Å². The standard InChI is InChI=1S/C12H18N2O5S/c1-9(2)14(3)20(17,18)13-10-5-4-6-11(7-10)19-8-12(15)16/h4-7,9,13H,8H2,1-3H3,(H,15,16). The Morgan fingerprint density at radius 2 is 2.10 bits per heavy atom. The Balaban J connectivity index is 2.83. The van der Waals surface area contributed by atoms with Crippen LogP contribution in [0.5, 0.6) is 5.75 Å². The zero-order valence-electron chi connectivity index (χ0n) is 11.5. The SMILES string of the molecule is CC(C)N(C)S(=O)(=O)Nc1cccc(OCC(=O)O)c1. The Morgan fingerprint density at radius 3 is 2.65 bits per heavy atom. The van der Waals surface area contributed by atoms with Crippen molar-refractivity contribution < 1.29 is 23.1 Å². The van der Waals surface area contributed by atoms with Crippen molar-refractivity contribution in [1.29, 1.82) is 0 Å². The average Bonchev–Trinajstić information content (AvgIpc) is 2.35. The molecule has 0 saturated carbocycles. The van der Waals surface area contributed by atoms with Crippen LogP contribution in [-0.4, -0.2) is 43.5 Å². The van der Waals surface area contributed by atoms with Gasteiger partial charge in [0.05, 0.1) is 5.69 Å². The van der Waals surface area contributed by atoms with E-state index in [0.29, 0.717) is 5.69 Å². The van der Waals surface area contributed by atoms with E-state index in [1.807, 2.05) is 0 Å². The van der Waals surface area contributed by atoms with Gasteiger partial charge >= 0.3 is 16.2 Å². The topological polar surface area (TPSA) is 95.9 Å². The number of carboxylic acid groups (broad SMARTS) is 1. The molecule has 1 aromatic rings. The summed E-state index contributed by atoms with van der Waals surface area (Å²) in [4.78, 5) is 10.4. The third-order valence-electron chi connectivity index (χ3n) is 2.55. The Bertz CT molecular complexity index is 571. The van der Waals surface area contributed by atoms with E-state index in [4.69, 9.17) is 9.84 Å². The predicted molar refractivity (Wildman–Crippen MR) is 75.0 cm³/mol. The van der Waals surface area contributed by atoms with E-state index >= 15 is 0 Å². The van der Waals surface area contributed by atoms with E-state index in [1.54, 1.807) is 32.0 Å². The van der Waals surface area contributed by atoms with Crippen LogP contribution in [0.4, 0.5) is 5.69 Å². The predicted octanol–water partition coefficient (Wildman–Crippen LogP) is 1.15. The van der Waals surface area contributed by atoms with Gasteiger partial charge in [0, 0.05) is 19.2 Å². The number of benzene rings is 1. The Kier molecular flexibility index (Phi) is 5.34. The third-order valence-corrected chi connectivity index (χ3v) is 4.22. The third kappa shape index (κ3) is 4.71. The van der Waals surface area contributed by atoms with E-state index < -0.39 is 22.8 Å². The number of carbonyl (C=O) groups is 1. The van der Waals surface area contributed by atoms with Crippen LogP contribution in [0.15, 0.2) is 24.3 Å². The number of hydrogen-bond acceptors (Lipinski definition) is 4. The van der Waals surface area contributed by atoms with Crippen LogP contribution >= 0.6 is 0 Å². The molecule has 0 fully saturated rings. The van der Waals surface area contributed by atoms with Crippen molar-refractivity contribution in [3.63, 3.8) is 0 Å². The lowest BCUT2D eigenvalue weighted by Crippen LogP contribution is -2.37. The van der Waals surface area contributed by atoms with Gasteiger partial charge in [-0.05, 0) is 26.0 Å². The van der Waals surface area contributed by atoms with Crippen molar-refractivity contribution >= 4 is 21.9 Å². The minimum Gasteiger partial charge on any atom is -0.482 e. The van der Waals surface area contributed by atoms with Crippen molar-refractivity contribution in [2.75, 3.05) is 18.4 Å². The number of nitrogens with one attached hydrogen (secondary N) is 1. The van der Waals surface area contributed by atoms with Gasteiger partial charge < -0.3 is 9.84 Å². The first kappa shape index (κ1) is 16.3. The Morgan fingerprint density at radius 1 is 1.45 bits per heavy atom. The minimum absolute atomic E-state index is 0.182. The van der Waals surface area contributed by atoms with E-state index in [2.05, 4.69) is 4.72 Å². The molecular weight excluding hydrogens is 284 g/mol. The van der Waals surface area contributed by atoms with E-state index in [9.17, 15) is 13.2 Å². The highest BCUT2D eigenvalue weighted by Gasteiger charge is 2.20. The molecule has 20 heavy (non-hydrogen) atoms. The smallest absolute Gasteiger partial charge is 0.341 e. The first-order valence-electron chi connectivity index (χ1n) is 5.93. The maximum absolute atomic E-state index is 12.0. The highest BCUT2D eigenvalue weighted by atomic mass is 32.2. The maximum Gasteiger partial charge on any atom is 0.341 e. The zero-order valence-corrected chi connectivity index (χ0v) is 12.3. The molecule has 0 aliphatic heterocycles. The molecule has 2 N–H and O–H groups in total. The van der Waals surface area contributed by atoms with E-state index in [-0.39, 0.29) is 11.8 Å². The largest absolute Gasteiger partial charge is 0.482 e. The maximum atomic E-state index is 12.0. The number of aliphatic carboxylic acids is 1. The van der Waals surface area contributed by atoms with Gasteiger partial charge in [0.1, 0.15) is 5.75 Å². The highest BCUT2D eigenvalue weighted by molar-refractivity contribution is 7.90. The quantitative estimate of drug-likeness (QED) is 0.787. The van der Waals surface area contributed by atoms with E-state index in [1.165, 1.54) is 17.4 Å². The second-order valence-corrected chi connectivity index (χ2v) is 6.16. The number of nitrogens with zero attached hydrogens (tertiary/aromatic N) is 1. The molecular formula is C12H18N2O5S. The molecule has 1 rings (SSSR count). The summed E-state index contributed by atoms with van der Waals surface area (Å²) >= 11 is 0. The fourth-order valence-electron chi connectivity index (χ4n) is 1.29. The number of rotatable bonds is 7. The van der Waals surface area contributed by atoms with Crippen molar-refractivity contribution in [1.82, 2.24) is 4.31 Å².